The summed E-state index contributed by atoms with van der Waals surface area (Å²) in [6.07, 6.45) is -8.35. The van der Waals surface area contributed by atoms with Crippen molar-refractivity contribution in [1.82, 2.24) is 19.9 Å². The zero-order chi connectivity index (χ0) is 34.5. The molecule has 0 fully saturated rings. The fourth-order valence-electron chi connectivity index (χ4n) is 2.98. The van der Waals surface area contributed by atoms with Gasteiger partial charge in [0.2, 0.25) is 18.0 Å². The summed E-state index contributed by atoms with van der Waals surface area (Å²) in [5.41, 5.74) is 6.74. The molecule has 4 N–H and O–H groups in total. The fourth-order valence-corrected chi connectivity index (χ4v) is 3.46. The number of nitrogens with one attached hydrogen (secondary N) is 2. The maximum Gasteiger partial charge on any atom is 0.573 e. The summed E-state index contributed by atoms with van der Waals surface area (Å²) in [6.45, 7) is 3.47. The number of isocyanates is 1. The van der Waals surface area contributed by atoms with E-state index in [1.165, 1.54) is 36.4 Å². The molecule has 4 rings (SSSR count). The lowest BCUT2D eigenvalue weighted by Crippen LogP contribution is -2.21. The second-order valence-corrected chi connectivity index (χ2v) is 9.02. The number of halogens is 8. The molecule has 2 heterocycles. The van der Waals surface area contributed by atoms with Crippen LogP contribution in [0.4, 0.5) is 54.4 Å². The zero-order valence-corrected chi connectivity index (χ0v) is 24.8. The van der Waals surface area contributed by atoms with Gasteiger partial charge >= 0.3 is 18.8 Å². The molecular formula is C26H20Cl2F6N8O4. The number of anilines is 3. The van der Waals surface area contributed by atoms with Crippen molar-refractivity contribution in [2.45, 2.75) is 26.6 Å². The SMILES string of the molecule is Cc1cc(Cl)nc(N)n1.Cc1cc(Cl)nc(NC(=O)Nc2cccc(OC(F)(F)F)c2)n1.O=C=Nc1cccc(OC(F)(F)F)c1. The van der Waals surface area contributed by atoms with Crippen molar-refractivity contribution >= 4 is 58.6 Å². The van der Waals surface area contributed by atoms with Gasteiger partial charge in [0, 0.05) is 29.2 Å². The third kappa shape index (κ3) is 15.5. The van der Waals surface area contributed by atoms with Gasteiger partial charge in [0.1, 0.15) is 21.8 Å². The first kappa shape index (κ1) is 37.0. The fraction of sp³-hybridized carbons (Fsp3) is 0.154. The van der Waals surface area contributed by atoms with Crippen LogP contribution in [0.2, 0.25) is 10.3 Å². The van der Waals surface area contributed by atoms with E-state index in [0.29, 0.717) is 10.8 Å². The Balaban J connectivity index is 0.000000270. The van der Waals surface area contributed by atoms with Crippen LogP contribution in [0.25, 0.3) is 0 Å². The number of alkyl halides is 6. The number of carbonyl (C=O) groups is 1. The Morgan fingerprint density at radius 3 is 1.87 bits per heavy atom. The largest absolute Gasteiger partial charge is 0.573 e. The van der Waals surface area contributed by atoms with Crippen molar-refractivity contribution in [3.8, 4) is 11.5 Å². The molecule has 46 heavy (non-hydrogen) atoms. The predicted octanol–water partition coefficient (Wildman–Crippen LogP) is 7.55. The maximum atomic E-state index is 12.1. The van der Waals surface area contributed by atoms with Gasteiger partial charge in [-0.2, -0.15) is 4.99 Å². The Labute approximate surface area is 265 Å². The molecule has 0 spiro atoms. The van der Waals surface area contributed by atoms with Crippen LogP contribution >= 0.6 is 23.2 Å². The van der Waals surface area contributed by atoms with E-state index in [2.05, 4.69) is 45.0 Å². The van der Waals surface area contributed by atoms with Crippen LogP contribution in [0.5, 0.6) is 11.5 Å². The average Bonchev–Trinajstić information content (AvgIpc) is 2.86. The molecule has 0 saturated carbocycles. The minimum absolute atomic E-state index is 0.0322. The molecule has 0 saturated heterocycles. The number of aromatic nitrogens is 4. The van der Waals surface area contributed by atoms with Crippen LogP contribution in [-0.4, -0.2) is 44.8 Å². The number of ether oxygens (including phenoxy) is 2. The number of carbonyl (C=O) groups excluding carboxylic acids is 2. The Hall–Kier alpha value is -5.19. The van der Waals surface area contributed by atoms with Crippen molar-refractivity contribution in [2.75, 3.05) is 16.4 Å². The minimum atomic E-state index is -4.81. The van der Waals surface area contributed by atoms with E-state index in [-0.39, 0.29) is 28.4 Å². The molecule has 0 aliphatic heterocycles. The third-order valence-corrected chi connectivity index (χ3v) is 4.83. The van der Waals surface area contributed by atoms with E-state index >= 15 is 0 Å². The van der Waals surface area contributed by atoms with E-state index in [4.69, 9.17) is 28.9 Å². The summed E-state index contributed by atoms with van der Waals surface area (Å²) in [4.78, 5) is 40.0. The average molecular weight is 693 g/mol. The summed E-state index contributed by atoms with van der Waals surface area (Å²) in [7, 11) is 0. The topological polar surface area (TPSA) is 167 Å². The van der Waals surface area contributed by atoms with Crippen molar-refractivity contribution in [1.29, 1.82) is 0 Å². The summed E-state index contributed by atoms with van der Waals surface area (Å²) < 4.78 is 79.0. The predicted molar refractivity (Wildman–Crippen MR) is 155 cm³/mol. The zero-order valence-electron chi connectivity index (χ0n) is 23.2. The van der Waals surface area contributed by atoms with Crippen LogP contribution in [0, 0.1) is 13.8 Å². The van der Waals surface area contributed by atoms with E-state index in [1.807, 2.05) is 6.92 Å². The minimum Gasteiger partial charge on any atom is -0.406 e. The first-order valence-electron chi connectivity index (χ1n) is 12.1. The second-order valence-electron chi connectivity index (χ2n) is 8.25. The molecule has 12 nitrogen and oxygen atoms in total. The van der Waals surface area contributed by atoms with E-state index in [0.717, 1.165) is 30.0 Å². The van der Waals surface area contributed by atoms with E-state index < -0.39 is 30.3 Å². The van der Waals surface area contributed by atoms with Crippen LogP contribution in [0.1, 0.15) is 11.4 Å². The third-order valence-electron chi connectivity index (χ3n) is 4.44. The Kier molecular flexibility index (Phi) is 13.5. The molecule has 2 aromatic carbocycles. The summed E-state index contributed by atoms with van der Waals surface area (Å²) in [5.74, 6) is -0.686. The monoisotopic (exact) mass is 692 g/mol. The molecule has 0 aliphatic carbocycles. The number of hydrogen-bond donors (Lipinski definition) is 3. The number of nitrogens with zero attached hydrogens (tertiary/aromatic N) is 5. The molecule has 0 atom stereocenters. The highest BCUT2D eigenvalue weighted by Gasteiger charge is 2.31. The van der Waals surface area contributed by atoms with E-state index in [1.54, 1.807) is 13.0 Å². The van der Waals surface area contributed by atoms with Gasteiger partial charge in [-0.25, -0.2) is 29.5 Å². The highest BCUT2D eigenvalue weighted by atomic mass is 35.5. The van der Waals surface area contributed by atoms with Gasteiger partial charge < -0.3 is 20.5 Å². The molecule has 244 valence electrons. The number of urea groups is 1. The number of amides is 2. The Bertz CT molecular complexity index is 1620. The van der Waals surface area contributed by atoms with Gasteiger partial charge in [-0.15, -0.1) is 26.3 Å². The van der Waals surface area contributed by atoms with Gasteiger partial charge in [0.15, 0.2) is 0 Å². The number of aryl methyl sites for hydroxylation is 2. The molecule has 0 aliphatic rings. The standard InChI is InChI=1S/C13H10ClF3N4O2.C8H4F3NO2.C5H6ClN3/c1-7-5-10(14)20-11(18-7)21-12(22)19-8-3-2-4-9(6-8)23-13(15,16)17;9-8(10,11)14-7-3-1-2-6(4-7)12-5-13;1-3-2-4(6)9-5(7)8-3/h2-6H,1H3,(H2,18,19,20,21,22);1-4H;2H,1H3,(H2,7,8,9). The van der Waals surface area contributed by atoms with Gasteiger partial charge in [-0.3, -0.25) is 5.32 Å². The highest BCUT2D eigenvalue weighted by molar-refractivity contribution is 6.29. The van der Waals surface area contributed by atoms with Crippen LogP contribution in [0.15, 0.2) is 65.7 Å². The van der Waals surface area contributed by atoms with Gasteiger partial charge in [-0.1, -0.05) is 35.3 Å². The van der Waals surface area contributed by atoms with Crippen molar-refractivity contribution in [2.24, 2.45) is 4.99 Å². The lowest BCUT2D eigenvalue weighted by molar-refractivity contribution is -0.275. The normalized spacial score (nSPS) is 10.6. The molecule has 0 radical (unpaired) electrons. The maximum absolute atomic E-state index is 12.1. The van der Waals surface area contributed by atoms with Gasteiger partial charge in [-0.05, 0) is 50.2 Å². The lowest BCUT2D eigenvalue weighted by atomic mass is 10.3. The number of nitrogens with two attached hydrogens (primary N) is 1. The van der Waals surface area contributed by atoms with Gasteiger partial charge in [0.05, 0.1) is 5.69 Å². The number of hydrogen-bond acceptors (Lipinski definition) is 10. The van der Waals surface area contributed by atoms with Gasteiger partial charge in [0.25, 0.3) is 0 Å². The number of rotatable bonds is 5. The quantitative estimate of drug-likeness (QED) is 0.0828. The molecular weight excluding hydrogens is 673 g/mol. The molecule has 0 unspecified atom stereocenters. The number of benzene rings is 2. The molecule has 0 bridgehead atoms. The Morgan fingerprint density at radius 2 is 1.35 bits per heavy atom. The van der Waals surface area contributed by atoms with Crippen LogP contribution < -0.4 is 25.8 Å². The summed E-state index contributed by atoms with van der Waals surface area (Å²) in [5, 5.41) is 5.19. The smallest absolute Gasteiger partial charge is 0.406 e. The molecule has 20 heteroatoms. The second kappa shape index (κ2) is 16.8. The lowest BCUT2D eigenvalue weighted by Gasteiger charge is -2.11. The number of aliphatic imine (C=N–C) groups is 1. The summed E-state index contributed by atoms with van der Waals surface area (Å²) in [6, 6.07) is 12.0. The molecule has 4 aromatic rings. The summed E-state index contributed by atoms with van der Waals surface area (Å²) >= 11 is 11.2. The van der Waals surface area contributed by atoms with Crippen molar-refractivity contribution in [3.05, 3.63) is 82.4 Å². The van der Waals surface area contributed by atoms with Crippen molar-refractivity contribution < 1.29 is 45.4 Å². The first-order valence-corrected chi connectivity index (χ1v) is 12.8. The molecule has 2 aromatic heterocycles. The van der Waals surface area contributed by atoms with E-state index in [9.17, 15) is 35.9 Å². The molecule has 2 amide bonds. The first-order chi connectivity index (χ1) is 21.4. The van der Waals surface area contributed by atoms with Crippen LogP contribution in [0.3, 0.4) is 0 Å². The number of nitrogen functional groups attached to an aromatic ring is 1. The highest BCUT2D eigenvalue weighted by Crippen LogP contribution is 2.26. The Morgan fingerprint density at radius 1 is 0.804 bits per heavy atom. The van der Waals surface area contributed by atoms with Crippen molar-refractivity contribution in [3.63, 3.8) is 0 Å². The van der Waals surface area contributed by atoms with Crippen LogP contribution in [-0.2, 0) is 4.79 Å².